The molecule has 0 spiro atoms. The van der Waals surface area contributed by atoms with Gasteiger partial charge in [-0.15, -0.1) is 24.0 Å². The van der Waals surface area contributed by atoms with Gasteiger partial charge in [0.15, 0.2) is 5.96 Å². The summed E-state index contributed by atoms with van der Waals surface area (Å²) >= 11 is 0. The van der Waals surface area contributed by atoms with E-state index in [1.165, 1.54) is 16.8 Å². The molecule has 0 unspecified atom stereocenters. The van der Waals surface area contributed by atoms with Gasteiger partial charge in [0.25, 0.3) is 0 Å². The lowest BCUT2D eigenvalue weighted by molar-refractivity contribution is 0.171. The minimum Gasteiger partial charge on any atom is -0.493 e. The van der Waals surface area contributed by atoms with E-state index < -0.39 is 0 Å². The maximum absolute atomic E-state index is 6.01. The Balaban J connectivity index is 0.00000385. The summed E-state index contributed by atoms with van der Waals surface area (Å²) in [7, 11) is 1.71. The van der Waals surface area contributed by atoms with Gasteiger partial charge in [-0.2, -0.15) is 0 Å². The third-order valence-corrected chi connectivity index (χ3v) is 5.30. The average Bonchev–Trinajstić information content (AvgIpc) is 3.35. The summed E-state index contributed by atoms with van der Waals surface area (Å²) in [5, 5.41) is 6.78. The highest BCUT2D eigenvalue weighted by molar-refractivity contribution is 14.0. The van der Waals surface area contributed by atoms with E-state index in [1.54, 1.807) is 7.11 Å². The van der Waals surface area contributed by atoms with E-state index in [4.69, 9.17) is 14.5 Å². The van der Waals surface area contributed by atoms with Gasteiger partial charge in [-0.05, 0) is 43.2 Å². The lowest BCUT2D eigenvalue weighted by atomic mass is 10.1. The fraction of sp³-hybridized carbons (Fsp3) is 0.423. The molecule has 0 radical (unpaired) electrons. The van der Waals surface area contributed by atoms with Crippen molar-refractivity contribution in [2.45, 2.75) is 33.4 Å². The van der Waals surface area contributed by atoms with Crippen LogP contribution in [0.4, 0.5) is 5.69 Å². The van der Waals surface area contributed by atoms with E-state index in [0.717, 1.165) is 43.3 Å². The summed E-state index contributed by atoms with van der Waals surface area (Å²) in [4.78, 5) is 7.11. The molecule has 0 bridgehead atoms. The van der Waals surface area contributed by atoms with Crippen LogP contribution in [0.2, 0.25) is 0 Å². The molecule has 6 nitrogen and oxygen atoms in total. The Morgan fingerprint density at radius 3 is 2.48 bits per heavy atom. The largest absolute Gasteiger partial charge is 0.493 e. The molecule has 33 heavy (non-hydrogen) atoms. The first-order valence-electron chi connectivity index (χ1n) is 11.4. The van der Waals surface area contributed by atoms with E-state index in [-0.39, 0.29) is 24.0 Å². The number of ether oxygens (including phenoxy) is 2. The van der Waals surface area contributed by atoms with Crippen LogP contribution in [0, 0.1) is 6.92 Å². The Bertz CT molecular complexity index is 892. The van der Waals surface area contributed by atoms with Gasteiger partial charge >= 0.3 is 0 Å². The van der Waals surface area contributed by atoms with Gasteiger partial charge in [0.1, 0.15) is 5.75 Å². The van der Waals surface area contributed by atoms with E-state index in [1.807, 2.05) is 0 Å². The van der Waals surface area contributed by atoms with Gasteiger partial charge in [0.05, 0.1) is 13.2 Å². The lowest BCUT2D eigenvalue weighted by Gasteiger charge is -2.18. The Kier molecular flexibility index (Phi) is 12.1. The second-order valence-corrected chi connectivity index (χ2v) is 7.90. The molecule has 0 aromatic heterocycles. The average molecular weight is 565 g/mol. The van der Waals surface area contributed by atoms with Crippen molar-refractivity contribution in [1.82, 2.24) is 10.6 Å². The first-order valence-corrected chi connectivity index (χ1v) is 11.4. The number of guanidine groups is 1. The summed E-state index contributed by atoms with van der Waals surface area (Å²) in [6, 6.07) is 15.0. The van der Waals surface area contributed by atoms with Gasteiger partial charge in [-0.1, -0.05) is 36.4 Å². The quantitative estimate of drug-likeness (QED) is 0.137. The number of nitrogens with zero attached hydrogens (tertiary/aromatic N) is 2. The molecule has 180 valence electrons. The number of aryl methyl sites for hydroxylation is 1. The monoisotopic (exact) mass is 564 g/mol. The van der Waals surface area contributed by atoms with E-state index in [0.29, 0.717) is 26.3 Å². The van der Waals surface area contributed by atoms with Crippen molar-refractivity contribution >= 4 is 35.6 Å². The predicted octanol–water partition coefficient (Wildman–Crippen LogP) is 4.66. The number of nitrogens with one attached hydrogen (secondary N) is 2. The van der Waals surface area contributed by atoms with Gasteiger partial charge in [0, 0.05) is 57.6 Å². The summed E-state index contributed by atoms with van der Waals surface area (Å²) in [6.45, 7) is 9.55. The highest BCUT2D eigenvalue weighted by atomic mass is 127. The van der Waals surface area contributed by atoms with Crippen LogP contribution >= 0.6 is 24.0 Å². The molecule has 0 fully saturated rings. The molecule has 2 N–H and O–H groups in total. The molecular weight excluding hydrogens is 527 g/mol. The third-order valence-electron chi connectivity index (χ3n) is 5.30. The van der Waals surface area contributed by atoms with Crippen LogP contribution in [0.15, 0.2) is 59.6 Å². The minimum absolute atomic E-state index is 0. The fourth-order valence-electron chi connectivity index (χ4n) is 3.52. The zero-order valence-corrected chi connectivity index (χ0v) is 22.3. The van der Waals surface area contributed by atoms with Crippen molar-refractivity contribution < 1.29 is 9.47 Å². The number of rotatable bonds is 11. The molecule has 0 atom stereocenters. The van der Waals surface area contributed by atoms with Gasteiger partial charge in [-0.25, -0.2) is 4.99 Å². The second kappa shape index (κ2) is 14.8. The summed E-state index contributed by atoms with van der Waals surface area (Å²) in [5.41, 5.74) is 4.74. The Morgan fingerprint density at radius 1 is 1.03 bits per heavy atom. The number of hydrogen-bond acceptors (Lipinski definition) is 4. The fourth-order valence-corrected chi connectivity index (χ4v) is 3.52. The number of anilines is 1. The molecule has 0 saturated carbocycles. The number of benzene rings is 2. The third kappa shape index (κ3) is 8.89. The molecular formula is C26H37IN4O2. The van der Waals surface area contributed by atoms with Gasteiger partial charge < -0.3 is 25.0 Å². The number of halogens is 1. The lowest BCUT2D eigenvalue weighted by Crippen LogP contribution is -2.36. The maximum atomic E-state index is 6.01. The Labute approximate surface area is 215 Å². The zero-order chi connectivity index (χ0) is 22.6. The smallest absolute Gasteiger partial charge is 0.191 e. The van der Waals surface area contributed by atoms with Crippen molar-refractivity contribution in [3.63, 3.8) is 0 Å². The van der Waals surface area contributed by atoms with Crippen LogP contribution in [0.1, 0.15) is 30.0 Å². The van der Waals surface area contributed by atoms with E-state index in [2.05, 4.69) is 84.0 Å². The van der Waals surface area contributed by atoms with E-state index in [9.17, 15) is 0 Å². The normalized spacial score (nSPS) is 13.1. The molecule has 0 amide bonds. The summed E-state index contributed by atoms with van der Waals surface area (Å²) < 4.78 is 11.1. The van der Waals surface area contributed by atoms with Crippen LogP contribution in [-0.4, -0.2) is 45.9 Å². The molecule has 1 aliphatic rings. The number of hydrogen-bond donors (Lipinski definition) is 2. The zero-order valence-electron chi connectivity index (χ0n) is 20.0. The van der Waals surface area contributed by atoms with Crippen LogP contribution in [0.3, 0.4) is 0 Å². The highest BCUT2D eigenvalue weighted by Crippen LogP contribution is 2.21. The van der Waals surface area contributed by atoms with Crippen LogP contribution in [-0.2, 0) is 17.8 Å². The Hall–Kier alpha value is -2.26. The molecule has 2 aromatic rings. The molecule has 0 saturated heterocycles. The first-order chi connectivity index (χ1) is 15.7. The summed E-state index contributed by atoms with van der Waals surface area (Å²) in [5.74, 6) is 1.71. The Morgan fingerprint density at radius 2 is 1.79 bits per heavy atom. The minimum atomic E-state index is 0. The van der Waals surface area contributed by atoms with Crippen molar-refractivity contribution in [3.05, 3.63) is 71.3 Å². The first kappa shape index (κ1) is 27.0. The second-order valence-electron chi connectivity index (χ2n) is 7.90. The SMILES string of the molecule is CCNC(=NCc1ccc(N2CC=CC2)cc1)NCc1ccc(C)cc1OCCCOC.I. The van der Waals surface area contributed by atoms with E-state index >= 15 is 0 Å². The molecule has 3 rings (SSSR count). The van der Waals surface area contributed by atoms with Crippen LogP contribution in [0.25, 0.3) is 0 Å². The predicted molar refractivity (Wildman–Crippen MR) is 148 cm³/mol. The highest BCUT2D eigenvalue weighted by Gasteiger charge is 2.08. The molecule has 1 heterocycles. The molecule has 7 heteroatoms. The van der Waals surface area contributed by atoms with Crippen LogP contribution < -0.4 is 20.3 Å². The molecule has 1 aliphatic heterocycles. The molecule has 0 aliphatic carbocycles. The van der Waals surface area contributed by atoms with Gasteiger partial charge in [0.2, 0.25) is 0 Å². The summed E-state index contributed by atoms with van der Waals surface area (Å²) in [6.07, 6.45) is 5.28. The standard InChI is InChI=1S/C26H36N4O2.HI/c1-4-27-26(28-19-22-9-12-24(13-10-22)30-14-5-6-15-30)29-20-23-11-8-21(2)18-25(23)32-17-7-16-31-3;/h5-6,8-13,18H,4,7,14-17,19-20H2,1-3H3,(H2,27,28,29);1H. The van der Waals surface area contributed by atoms with Crippen molar-refractivity contribution in [1.29, 1.82) is 0 Å². The molecule has 2 aromatic carbocycles. The van der Waals surface area contributed by atoms with Crippen molar-refractivity contribution in [2.24, 2.45) is 4.99 Å². The van der Waals surface area contributed by atoms with Gasteiger partial charge in [-0.3, -0.25) is 0 Å². The topological polar surface area (TPSA) is 58.1 Å². The maximum Gasteiger partial charge on any atom is 0.191 e. The van der Waals surface area contributed by atoms with Crippen LogP contribution in [0.5, 0.6) is 5.75 Å². The number of aliphatic imine (C=N–C) groups is 1. The number of methoxy groups -OCH3 is 1. The van der Waals surface area contributed by atoms with Crippen molar-refractivity contribution in [3.8, 4) is 5.75 Å². The van der Waals surface area contributed by atoms with Crippen molar-refractivity contribution in [2.75, 3.05) is 44.9 Å².